The predicted molar refractivity (Wildman–Crippen MR) is 57.7 cm³/mol. The molecule has 0 atom stereocenters. The van der Waals surface area contributed by atoms with E-state index in [-0.39, 0.29) is 12.1 Å². The third kappa shape index (κ3) is 2.79. The number of hydrogen-bond acceptors (Lipinski definition) is 3. The molecule has 82 valence electrons. The van der Waals surface area contributed by atoms with Crippen LogP contribution in [0.4, 0.5) is 4.39 Å². The maximum Gasteiger partial charge on any atom is 0.145 e. The number of nitrogens with zero attached hydrogens (tertiary/aromatic N) is 3. The maximum atomic E-state index is 13.7. The summed E-state index contributed by atoms with van der Waals surface area (Å²) >= 11 is 0. The first-order valence-corrected chi connectivity index (χ1v) is 4.99. The molecule has 0 fully saturated rings. The fourth-order valence-corrected chi connectivity index (χ4v) is 1.41. The highest BCUT2D eigenvalue weighted by Crippen LogP contribution is 2.14. The molecule has 0 aliphatic carbocycles. The second-order valence-corrected chi connectivity index (χ2v) is 3.35. The minimum Gasteiger partial charge on any atom is -0.286 e. The Morgan fingerprint density at radius 2 is 2.12 bits per heavy atom. The summed E-state index contributed by atoms with van der Waals surface area (Å²) in [6.45, 7) is 3.19. The molecule has 0 saturated heterocycles. The van der Waals surface area contributed by atoms with Crippen molar-refractivity contribution in [1.82, 2.24) is 4.90 Å². The lowest BCUT2D eigenvalue weighted by Crippen LogP contribution is -2.23. The van der Waals surface area contributed by atoms with Gasteiger partial charge in [-0.1, -0.05) is 19.1 Å². The Labute approximate surface area is 94.3 Å². The minimum atomic E-state index is -0.485. The van der Waals surface area contributed by atoms with Crippen LogP contribution in [0.5, 0.6) is 0 Å². The molecule has 1 aromatic carbocycles. The van der Waals surface area contributed by atoms with Crippen LogP contribution in [0, 0.1) is 28.5 Å². The molecule has 0 aromatic heterocycles. The Bertz CT molecular complexity index is 443. The van der Waals surface area contributed by atoms with Crippen molar-refractivity contribution in [3.8, 4) is 12.1 Å². The number of halogens is 1. The Balaban J connectivity index is 2.90. The van der Waals surface area contributed by atoms with Crippen LogP contribution in [-0.2, 0) is 6.54 Å². The molecule has 0 saturated carbocycles. The molecule has 0 bridgehead atoms. The molecule has 1 aromatic rings. The standard InChI is InChI=1S/C12H12FN3/c1-2-16(7-6-14)9-11-5-3-4-10(8-15)12(11)13/h3-5H,2,7,9H2,1H3. The van der Waals surface area contributed by atoms with Gasteiger partial charge in [0.05, 0.1) is 18.2 Å². The molecule has 0 unspecified atom stereocenters. The van der Waals surface area contributed by atoms with Crippen molar-refractivity contribution >= 4 is 0 Å². The van der Waals surface area contributed by atoms with E-state index in [2.05, 4.69) is 0 Å². The molecule has 16 heavy (non-hydrogen) atoms. The van der Waals surface area contributed by atoms with Gasteiger partial charge >= 0.3 is 0 Å². The summed E-state index contributed by atoms with van der Waals surface area (Å²) in [6.07, 6.45) is 0. The van der Waals surface area contributed by atoms with E-state index in [1.54, 1.807) is 23.1 Å². The van der Waals surface area contributed by atoms with Crippen LogP contribution in [0.1, 0.15) is 18.1 Å². The lowest BCUT2D eigenvalue weighted by Gasteiger charge is -2.17. The first-order valence-electron chi connectivity index (χ1n) is 4.99. The van der Waals surface area contributed by atoms with Crippen LogP contribution < -0.4 is 0 Å². The Morgan fingerprint density at radius 3 is 2.69 bits per heavy atom. The lowest BCUT2D eigenvalue weighted by molar-refractivity contribution is 0.309. The zero-order valence-corrected chi connectivity index (χ0v) is 9.07. The van der Waals surface area contributed by atoms with E-state index >= 15 is 0 Å². The molecule has 0 amide bonds. The number of nitriles is 2. The first kappa shape index (κ1) is 12.2. The minimum absolute atomic E-state index is 0.0468. The second-order valence-electron chi connectivity index (χ2n) is 3.35. The number of rotatable bonds is 4. The van der Waals surface area contributed by atoms with Crippen molar-refractivity contribution in [2.75, 3.05) is 13.1 Å². The molecule has 0 aliphatic rings. The summed E-state index contributed by atoms with van der Waals surface area (Å²) in [4.78, 5) is 1.81. The summed E-state index contributed by atoms with van der Waals surface area (Å²) in [5.41, 5.74) is 0.502. The maximum absolute atomic E-state index is 13.7. The molecule has 0 N–H and O–H groups in total. The van der Waals surface area contributed by atoms with E-state index in [1.165, 1.54) is 6.07 Å². The molecule has 0 aliphatic heterocycles. The van der Waals surface area contributed by atoms with Gasteiger partial charge in [0.1, 0.15) is 11.9 Å². The molecule has 3 nitrogen and oxygen atoms in total. The summed E-state index contributed by atoms with van der Waals surface area (Å²) in [5.74, 6) is -0.485. The normalized spacial score (nSPS) is 9.81. The average molecular weight is 217 g/mol. The van der Waals surface area contributed by atoms with E-state index in [0.717, 1.165) is 0 Å². The van der Waals surface area contributed by atoms with Gasteiger partial charge in [0, 0.05) is 12.1 Å². The first-order chi connectivity index (χ1) is 7.72. The quantitative estimate of drug-likeness (QED) is 0.725. The molecule has 0 radical (unpaired) electrons. The van der Waals surface area contributed by atoms with E-state index in [1.807, 2.05) is 13.0 Å². The van der Waals surface area contributed by atoms with Crippen LogP contribution in [0.3, 0.4) is 0 Å². The summed E-state index contributed by atoms with van der Waals surface area (Å²) < 4.78 is 13.7. The highest BCUT2D eigenvalue weighted by atomic mass is 19.1. The van der Waals surface area contributed by atoms with E-state index in [4.69, 9.17) is 10.5 Å². The lowest BCUT2D eigenvalue weighted by atomic mass is 10.1. The fraction of sp³-hybridized carbons (Fsp3) is 0.333. The van der Waals surface area contributed by atoms with Crippen LogP contribution in [0.25, 0.3) is 0 Å². The Kier molecular flexibility index (Phi) is 4.44. The van der Waals surface area contributed by atoms with Crippen molar-refractivity contribution in [1.29, 1.82) is 10.5 Å². The third-order valence-corrected chi connectivity index (χ3v) is 2.33. The third-order valence-electron chi connectivity index (χ3n) is 2.33. The smallest absolute Gasteiger partial charge is 0.145 e. The van der Waals surface area contributed by atoms with Crippen LogP contribution in [0.2, 0.25) is 0 Å². The molecular weight excluding hydrogens is 205 g/mol. The fourth-order valence-electron chi connectivity index (χ4n) is 1.41. The van der Waals surface area contributed by atoms with Gasteiger partial charge < -0.3 is 0 Å². The molecule has 4 heteroatoms. The van der Waals surface area contributed by atoms with Crippen LogP contribution >= 0.6 is 0 Å². The van der Waals surface area contributed by atoms with Gasteiger partial charge in [-0.2, -0.15) is 10.5 Å². The topological polar surface area (TPSA) is 50.8 Å². The highest BCUT2D eigenvalue weighted by Gasteiger charge is 2.10. The highest BCUT2D eigenvalue weighted by molar-refractivity contribution is 5.34. The molecular formula is C12H12FN3. The Morgan fingerprint density at radius 1 is 1.38 bits per heavy atom. The predicted octanol–water partition coefficient (Wildman–Crippen LogP) is 2.04. The van der Waals surface area contributed by atoms with Crippen molar-refractivity contribution in [3.05, 3.63) is 35.1 Å². The van der Waals surface area contributed by atoms with E-state index in [0.29, 0.717) is 18.7 Å². The van der Waals surface area contributed by atoms with Crippen molar-refractivity contribution < 1.29 is 4.39 Å². The summed E-state index contributed by atoms with van der Waals surface area (Å²) in [7, 11) is 0. The van der Waals surface area contributed by atoms with Gasteiger partial charge in [-0.3, -0.25) is 4.90 Å². The Hall–Kier alpha value is -1.91. The largest absolute Gasteiger partial charge is 0.286 e. The van der Waals surface area contributed by atoms with Crippen molar-refractivity contribution in [2.45, 2.75) is 13.5 Å². The van der Waals surface area contributed by atoms with Gasteiger partial charge in [-0.05, 0) is 12.6 Å². The molecule has 0 heterocycles. The van der Waals surface area contributed by atoms with Crippen molar-refractivity contribution in [2.24, 2.45) is 0 Å². The van der Waals surface area contributed by atoms with Gasteiger partial charge in [0.25, 0.3) is 0 Å². The van der Waals surface area contributed by atoms with Gasteiger partial charge in [-0.25, -0.2) is 4.39 Å². The zero-order chi connectivity index (χ0) is 12.0. The zero-order valence-electron chi connectivity index (χ0n) is 9.07. The second kappa shape index (κ2) is 5.85. The van der Waals surface area contributed by atoms with E-state index < -0.39 is 5.82 Å². The summed E-state index contributed by atoms with van der Waals surface area (Å²) in [6, 6.07) is 8.55. The number of hydrogen-bond donors (Lipinski definition) is 0. The van der Waals surface area contributed by atoms with Crippen LogP contribution in [0.15, 0.2) is 18.2 Å². The average Bonchev–Trinajstić information content (AvgIpc) is 2.31. The van der Waals surface area contributed by atoms with E-state index in [9.17, 15) is 4.39 Å². The van der Waals surface area contributed by atoms with Gasteiger partial charge in [0.15, 0.2) is 0 Å². The van der Waals surface area contributed by atoms with Gasteiger partial charge in [0.2, 0.25) is 0 Å². The SMILES string of the molecule is CCN(CC#N)Cc1cccc(C#N)c1F. The molecule has 1 rings (SSSR count). The summed E-state index contributed by atoms with van der Waals surface area (Å²) in [5, 5.41) is 17.3. The number of benzene rings is 1. The monoisotopic (exact) mass is 217 g/mol. The van der Waals surface area contributed by atoms with Crippen molar-refractivity contribution in [3.63, 3.8) is 0 Å². The van der Waals surface area contributed by atoms with Crippen LogP contribution in [-0.4, -0.2) is 18.0 Å². The molecule has 0 spiro atoms. The van der Waals surface area contributed by atoms with Gasteiger partial charge in [-0.15, -0.1) is 0 Å².